The number of allylic oxidation sites excluding steroid dienone is 3. The van der Waals surface area contributed by atoms with Gasteiger partial charge in [-0.1, -0.05) is 43.4 Å². The van der Waals surface area contributed by atoms with E-state index in [9.17, 15) is 9.59 Å². The molecule has 5 N–H and O–H groups in total. The van der Waals surface area contributed by atoms with Gasteiger partial charge < -0.3 is 26.7 Å². The molecule has 4 aliphatic rings. The molecule has 2 aliphatic heterocycles. The van der Waals surface area contributed by atoms with Gasteiger partial charge in [0.2, 0.25) is 0 Å². The number of hydrogen-bond acceptors (Lipinski definition) is 7. The molecule has 1 saturated heterocycles. The molecule has 44 heavy (non-hydrogen) atoms. The number of fused-ring (bicyclic) bond motifs is 2. The van der Waals surface area contributed by atoms with Crippen LogP contribution in [0.2, 0.25) is 0 Å². The molecule has 0 amide bonds. The van der Waals surface area contributed by atoms with Gasteiger partial charge in [0.05, 0.1) is 5.57 Å². The summed E-state index contributed by atoms with van der Waals surface area (Å²) in [7, 11) is 0. The Balaban J connectivity index is 1.15. The predicted molar refractivity (Wildman–Crippen MR) is 180 cm³/mol. The van der Waals surface area contributed by atoms with Crippen LogP contribution in [0.25, 0.3) is 11.6 Å². The van der Waals surface area contributed by atoms with Gasteiger partial charge in [0.1, 0.15) is 5.82 Å². The van der Waals surface area contributed by atoms with E-state index in [-0.39, 0.29) is 34.9 Å². The third-order valence-electron chi connectivity index (χ3n) is 9.98. The first-order valence-corrected chi connectivity index (χ1v) is 16.0. The number of piperidine rings is 1. The molecule has 0 spiro atoms. The Bertz CT molecular complexity index is 1600. The Morgan fingerprint density at radius 2 is 1.80 bits per heavy atom. The first-order chi connectivity index (χ1) is 21.2. The number of Topliss-reactive ketones (excluding diaryl/α,β-unsaturated/α-hetero) is 2. The molecule has 6 rings (SSSR count). The largest absolute Gasteiger partial charge is 0.385 e. The van der Waals surface area contributed by atoms with Crippen LogP contribution in [0.4, 0.5) is 11.4 Å². The van der Waals surface area contributed by atoms with E-state index in [4.69, 9.17) is 11.1 Å². The molecule has 1 unspecified atom stereocenters. The summed E-state index contributed by atoms with van der Waals surface area (Å²) in [5, 5.41) is 14.6. The third-order valence-corrected chi connectivity index (χ3v) is 9.98. The lowest BCUT2D eigenvalue weighted by molar-refractivity contribution is -0.111. The highest BCUT2D eigenvalue weighted by molar-refractivity contribution is 6.30. The fraction of sp³-hybridized carbons (Fsp3) is 0.378. The van der Waals surface area contributed by atoms with Gasteiger partial charge in [-0.3, -0.25) is 9.59 Å². The van der Waals surface area contributed by atoms with E-state index in [2.05, 4.69) is 35.6 Å². The lowest BCUT2D eigenvalue weighted by Gasteiger charge is -2.38. The second kappa shape index (κ2) is 12.4. The summed E-state index contributed by atoms with van der Waals surface area (Å²) in [6.45, 7) is 12.8. The molecule has 2 heterocycles. The van der Waals surface area contributed by atoms with Crippen molar-refractivity contribution in [2.24, 2.45) is 11.7 Å². The average Bonchev–Trinajstić information content (AvgIpc) is 3.37. The summed E-state index contributed by atoms with van der Waals surface area (Å²) in [6, 6.07) is 12.3. The van der Waals surface area contributed by atoms with E-state index in [1.165, 1.54) is 32.4 Å². The van der Waals surface area contributed by atoms with Crippen molar-refractivity contribution in [3.05, 3.63) is 94.4 Å². The van der Waals surface area contributed by atoms with Crippen LogP contribution >= 0.6 is 0 Å². The highest BCUT2D eigenvalue weighted by Crippen LogP contribution is 2.38. The molecule has 7 heteroatoms. The van der Waals surface area contributed by atoms with Crippen molar-refractivity contribution in [2.75, 3.05) is 23.7 Å². The van der Waals surface area contributed by atoms with Gasteiger partial charge in [-0.15, -0.1) is 0 Å². The standard InChI is InChI=1S/C37H43N5O2/c1-22-17-26-7-11-29(20-34(26)40-24(22)3)41-37(39)33(21-38)36(44)32-19-28-18-27(10-14-31(28)23(32)2)35(43)25-8-12-30(13-9-25)42-15-5-4-6-16-42/h7,10-11,14,18-21,24-25,30,38,40-41H,1-2,4-6,8-9,12-13,15-17,39H2,3H3/b37-33+,38-21?. The number of carbonyl (C=O) groups excluding carboxylic acids is 2. The van der Waals surface area contributed by atoms with Crippen LogP contribution in [0, 0.1) is 11.3 Å². The van der Waals surface area contributed by atoms with E-state index in [1.54, 1.807) is 6.08 Å². The first-order valence-electron chi connectivity index (χ1n) is 16.0. The number of nitrogens with one attached hydrogen (secondary N) is 3. The number of carbonyl (C=O) groups is 2. The smallest absolute Gasteiger partial charge is 0.198 e. The number of hydrogen-bond donors (Lipinski definition) is 4. The van der Waals surface area contributed by atoms with Gasteiger partial charge in [0.25, 0.3) is 0 Å². The summed E-state index contributed by atoms with van der Waals surface area (Å²) < 4.78 is 0. The lowest BCUT2D eigenvalue weighted by Crippen LogP contribution is -2.42. The Hall–Kier alpha value is -4.23. The SMILES string of the molecule is C=C1C(C(=O)/C(C=N)=C(\N)Nc2ccc3c(c2)NC(C)C(=C)C3)=Cc2cc(C(=O)C3CCC(N4CCCCC4)CC3)ccc21. The van der Waals surface area contributed by atoms with E-state index < -0.39 is 0 Å². The lowest BCUT2D eigenvalue weighted by atomic mass is 9.80. The normalized spacial score (nSPS) is 23.9. The van der Waals surface area contributed by atoms with Crippen molar-refractivity contribution >= 4 is 40.8 Å². The average molecular weight is 590 g/mol. The molecule has 0 radical (unpaired) electrons. The molecule has 2 aromatic rings. The van der Waals surface area contributed by atoms with Crippen molar-refractivity contribution in [1.29, 1.82) is 5.41 Å². The third kappa shape index (κ3) is 5.81. The van der Waals surface area contributed by atoms with Crippen molar-refractivity contribution in [1.82, 2.24) is 4.90 Å². The molecule has 7 nitrogen and oxygen atoms in total. The quantitative estimate of drug-likeness (QED) is 0.118. The molecule has 1 atom stereocenters. The van der Waals surface area contributed by atoms with E-state index in [0.29, 0.717) is 22.8 Å². The fourth-order valence-electron chi connectivity index (χ4n) is 7.23. The van der Waals surface area contributed by atoms with Crippen LogP contribution in [-0.4, -0.2) is 47.9 Å². The summed E-state index contributed by atoms with van der Waals surface area (Å²) >= 11 is 0. The molecule has 228 valence electrons. The van der Waals surface area contributed by atoms with Crippen LogP contribution < -0.4 is 16.4 Å². The minimum atomic E-state index is -0.379. The zero-order valence-corrected chi connectivity index (χ0v) is 25.7. The van der Waals surface area contributed by atoms with Crippen LogP contribution in [0.3, 0.4) is 0 Å². The maximum Gasteiger partial charge on any atom is 0.198 e. The highest BCUT2D eigenvalue weighted by atomic mass is 16.1. The number of anilines is 2. The van der Waals surface area contributed by atoms with Crippen LogP contribution in [0.15, 0.2) is 72.1 Å². The maximum atomic E-state index is 13.7. The molecule has 0 bridgehead atoms. The fourth-order valence-corrected chi connectivity index (χ4v) is 7.23. The Morgan fingerprint density at radius 1 is 1.05 bits per heavy atom. The van der Waals surface area contributed by atoms with Crippen molar-refractivity contribution < 1.29 is 9.59 Å². The second-order valence-electron chi connectivity index (χ2n) is 12.8. The van der Waals surface area contributed by atoms with Gasteiger partial charge in [0.15, 0.2) is 11.6 Å². The number of nitrogens with zero attached hydrogens (tertiary/aromatic N) is 1. The Morgan fingerprint density at radius 3 is 2.52 bits per heavy atom. The number of nitrogens with two attached hydrogens (primary N) is 1. The summed E-state index contributed by atoms with van der Waals surface area (Å²) in [5.41, 5.74) is 13.7. The van der Waals surface area contributed by atoms with E-state index in [1.807, 2.05) is 36.4 Å². The maximum absolute atomic E-state index is 13.7. The predicted octanol–water partition coefficient (Wildman–Crippen LogP) is 6.74. The highest BCUT2D eigenvalue weighted by Gasteiger charge is 2.32. The second-order valence-corrected chi connectivity index (χ2v) is 12.8. The summed E-state index contributed by atoms with van der Waals surface area (Å²) in [6.07, 6.45) is 11.5. The monoisotopic (exact) mass is 589 g/mol. The Labute approximate surface area is 260 Å². The molecule has 2 aromatic carbocycles. The zero-order chi connectivity index (χ0) is 31.0. The number of ketones is 2. The zero-order valence-electron chi connectivity index (χ0n) is 25.7. The number of likely N-dealkylation sites (tertiary alicyclic amines) is 1. The molecular weight excluding hydrogens is 546 g/mol. The Kier molecular flexibility index (Phi) is 8.41. The molecule has 1 saturated carbocycles. The summed E-state index contributed by atoms with van der Waals surface area (Å²) in [4.78, 5) is 29.8. The van der Waals surface area contributed by atoms with Gasteiger partial charge in [-0.05, 0) is 111 Å². The number of benzene rings is 2. The van der Waals surface area contributed by atoms with Gasteiger partial charge >= 0.3 is 0 Å². The topological polar surface area (TPSA) is 111 Å². The summed E-state index contributed by atoms with van der Waals surface area (Å²) in [5.74, 6) is -0.0478. The van der Waals surface area contributed by atoms with Crippen molar-refractivity contribution in [3.8, 4) is 0 Å². The van der Waals surface area contributed by atoms with Crippen LogP contribution in [0.5, 0.6) is 0 Å². The van der Waals surface area contributed by atoms with Crippen LogP contribution in [-0.2, 0) is 11.2 Å². The first kappa shape index (κ1) is 29.8. The van der Waals surface area contributed by atoms with Gasteiger partial charge in [-0.2, -0.15) is 0 Å². The molecular formula is C37H43N5O2. The van der Waals surface area contributed by atoms with E-state index >= 15 is 0 Å². The minimum Gasteiger partial charge on any atom is -0.385 e. The minimum absolute atomic E-state index is 0.0444. The van der Waals surface area contributed by atoms with Crippen molar-refractivity contribution in [3.63, 3.8) is 0 Å². The molecule has 2 fully saturated rings. The van der Waals surface area contributed by atoms with Crippen molar-refractivity contribution in [2.45, 2.75) is 70.4 Å². The molecule has 2 aliphatic carbocycles. The number of rotatable bonds is 8. The molecule has 0 aromatic heterocycles. The van der Waals surface area contributed by atoms with Gasteiger partial charge in [0, 0.05) is 46.7 Å². The van der Waals surface area contributed by atoms with E-state index in [0.717, 1.165) is 72.0 Å². The van der Waals surface area contributed by atoms with Crippen LogP contribution in [0.1, 0.15) is 78.9 Å². The van der Waals surface area contributed by atoms with Gasteiger partial charge in [-0.25, -0.2) is 0 Å².